The molecule has 1 aromatic heterocycles. The van der Waals surface area contributed by atoms with Gasteiger partial charge < -0.3 is 14.4 Å². The van der Waals surface area contributed by atoms with Crippen molar-refractivity contribution >= 4 is 0 Å². The molecule has 0 unspecified atom stereocenters. The molecule has 0 saturated carbocycles. The monoisotopic (exact) mass is 211 g/mol. The van der Waals surface area contributed by atoms with Crippen LogP contribution in [0, 0.1) is 0 Å². The smallest absolute Gasteiger partial charge is 0.133 e. The predicted molar refractivity (Wildman–Crippen MR) is 60.7 cm³/mol. The zero-order chi connectivity index (χ0) is 11.1. The largest absolute Gasteiger partial charge is 0.467 e. The van der Waals surface area contributed by atoms with Gasteiger partial charge in [0.2, 0.25) is 0 Å². The van der Waals surface area contributed by atoms with E-state index in [0.717, 1.165) is 25.9 Å². The van der Waals surface area contributed by atoms with Gasteiger partial charge in [0.25, 0.3) is 0 Å². The van der Waals surface area contributed by atoms with Gasteiger partial charge in [0.15, 0.2) is 0 Å². The van der Waals surface area contributed by atoms with Crippen molar-refractivity contribution in [2.75, 3.05) is 19.6 Å². The number of rotatable bonds is 7. The minimum atomic E-state index is -0.502. The van der Waals surface area contributed by atoms with Gasteiger partial charge in [-0.25, -0.2) is 0 Å². The molecule has 3 nitrogen and oxygen atoms in total. The van der Waals surface area contributed by atoms with Crippen molar-refractivity contribution in [1.82, 2.24) is 4.90 Å². The minimum Gasteiger partial charge on any atom is -0.467 e. The highest BCUT2D eigenvalue weighted by Crippen LogP contribution is 2.14. The second-order valence-electron chi connectivity index (χ2n) is 3.83. The maximum atomic E-state index is 9.90. The molecule has 0 aliphatic heterocycles. The van der Waals surface area contributed by atoms with Gasteiger partial charge in [-0.05, 0) is 38.1 Å². The van der Waals surface area contributed by atoms with E-state index in [-0.39, 0.29) is 0 Å². The van der Waals surface area contributed by atoms with E-state index in [1.165, 1.54) is 0 Å². The third-order valence-electron chi connectivity index (χ3n) is 2.38. The third-order valence-corrected chi connectivity index (χ3v) is 2.38. The van der Waals surface area contributed by atoms with Crippen LogP contribution >= 0.6 is 0 Å². The first-order chi connectivity index (χ1) is 7.27. The van der Waals surface area contributed by atoms with Crippen LogP contribution in [0.3, 0.4) is 0 Å². The molecule has 1 atom stereocenters. The number of hydrogen-bond acceptors (Lipinski definition) is 3. The summed E-state index contributed by atoms with van der Waals surface area (Å²) in [5.41, 5.74) is 0. The van der Waals surface area contributed by atoms with Crippen LogP contribution in [0.15, 0.2) is 22.8 Å². The zero-order valence-corrected chi connectivity index (χ0v) is 9.65. The number of aliphatic hydroxyl groups excluding tert-OH is 1. The second-order valence-corrected chi connectivity index (χ2v) is 3.83. The Balaban J connectivity index is 2.43. The van der Waals surface area contributed by atoms with Crippen molar-refractivity contribution in [1.29, 1.82) is 0 Å². The molecule has 86 valence electrons. The summed E-state index contributed by atoms with van der Waals surface area (Å²) in [6.45, 7) is 7.04. The predicted octanol–water partition coefficient (Wildman–Crippen LogP) is 2.44. The molecule has 15 heavy (non-hydrogen) atoms. The van der Waals surface area contributed by atoms with Gasteiger partial charge in [0, 0.05) is 6.54 Å². The maximum absolute atomic E-state index is 9.90. The summed E-state index contributed by atoms with van der Waals surface area (Å²) in [4.78, 5) is 2.27. The Morgan fingerprint density at radius 3 is 2.47 bits per heavy atom. The third kappa shape index (κ3) is 4.06. The van der Waals surface area contributed by atoms with Crippen molar-refractivity contribution in [2.24, 2.45) is 0 Å². The molecule has 0 amide bonds. The van der Waals surface area contributed by atoms with Gasteiger partial charge in [0.05, 0.1) is 6.26 Å². The molecule has 0 bridgehead atoms. The SMILES string of the molecule is CCCN(CCC)C[C@@H](O)c1ccco1. The molecule has 1 heterocycles. The first kappa shape index (κ1) is 12.3. The molecular formula is C12H21NO2. The standard InChI is InChI=1S/C12H21NO2/c1-3-7-13(8-4-2)10-11(14)12-6-5-9-15-12/h5-6,9,11,14H,3-4,7-8,10H2,1-2H3/t11-/m1/s1. The lowest BCUT2D eigenvalue weighted by atomic mass is 10.2. The fraction of sp³-hybridized carbons (Fsp3) is 0.667. The highest BCUT2D eigenvalue weighted by atomic mass is 16.4. The first-order valence-electron chi connectivity index (χ1n) is 5.71. The van der Waals surface area contributed by atoms with Crippen molar-refractivity contribution in [3.05, 3.63) is 24.2 Å². The van der Waals surface area contributed by atoms with Crippen LogP contribution < -0.4 is 0 Å². The van der Waals surface area contributed by atoms with Gasteiger partial charge in [-0.15, -0.1) is 0 Å². The molecule has 0 fully saturated rings. The van der Waals surface area contributed by atoms with E-state index in [1.54, 1.807) is 6.26 Å². The second kappa shape index (κ2) is 6.64. The maximum Gasteiger partial charge on any atom is 0.133 e. The summed E-state index contributed by atoms with van der Waals surface area (Å²) in [5.74, 6) is 0.659. The van der Waals surface area contributed by atoms with Crippen LogP contribution in [0.25, 0.3) is 0 Å². The lowest BCUT2D eigenvalue weighted by Crippen LogP contribution is -2.30. The van der Waals surface area contributed by atoms with Crippen molar-refractivity contribution in [3.8, 4) is 0 Å². The lowest BCUT2D eigenvalue weighted by Gasteiger charge is -2.23. The van der Waals surface area contributed by atoms with Crippen LogP contribution in [0.1, 0.15) is 38.6 Å². The molecular weight excluding hydrogens is 190 g/mol. The van der Waals surface area contributed by atoms with Gasteiger partial charge in [-0.1, -0.05) is 13.8 Å². The number of hydrogen-bond donors (Lipinski definition) is 1. The van der Waals surface area contributed by atoms with Gasteiger partial charge >= 0.3 is 0 Å². The Hall–Kier alpha value is -0.800. The fourth-order valence-corrected chi connectivity index (χ4v) is 1.74. The quantitative estimate of drug-likeness (QED) is 0.752. The number of furan rings is 1. The molecule has 0 aliphatic carbocycles. The van der Waals surface area contributed by atoms with Gasteiger partial charge in [0.1, 0.15) is 11.9 Å². The van der Waals surface area contributed by atoms with E-state index < -0.39 is 6.10 Å². The zero-order valence-electron chi connectivity index (χ0n) is 9.65. The molecule has 0 spiro atoms. The summed E-state index contributed by atoms with van der Waals surface area (Å²) >= 11 is 0. The summed E-state index contributed by atoms with van der Waals surface area (Å²) in [6, 6.07) is 3.63. The summed E-state index contributed by atoms with van der Waals surface area (Å²) < 4.78 is 5.18. The molecule has 1 N–H and O–H groups in total. The Labute approximate surface area is 91.7 Å². The highest BCUT2D eigenvalue weighted by Gasteiger charge is 2.14. The van der Waals surface area contributed by atoms with Crippen molar-refractivity contribution in [3.63, 3.8) is 0 Å². The van der Waals surface area contributed by atoms with Crippen LogP contribution in [0.2, 0.25) is 0 Å². The lowest BCUT2D eigenvalue weighted by molar-refractivity contribution is 0.0943. The molecule has 1 aromatic rings. The van der Waals surface area contributed by atoms with E-state index in [9.17, 15) is 5.11 Å². The minimum absolute atomic E-state index is 0.502. The molecule has 3 heteroatoms. The average Bonchev–Trinajstić information content (AvgIpc) is 2.71. The Kier molecular flexibility index (Phi) is 5.43. The van der Waals surface area contributed by atoms with Crippen LogP contribution in [0.5, 0.6) is 0 Å². The highest BCUT2D eigenvalue weighted by molar-refractivity contribution is 5.02. The Morgan fingerprint density at radius 1 is 1.33 bits per heavy atom. The van der Waals surface area contributed by atoms with Crippen molar-refractivity contribution < 1.29 is 9.52 Å². The fourth-order valence-electron chi connectivity index (χ4n) is 1.74. The van der Waals surface area contributed by atoms with Crippen molar-refractivity contribution in [2.45, 2.75) is 32.8 Å². The van der Waals surface area contributed by atoms with E-state index >= 15 is 0 Å². The number of nitrogens with zero attached hydrogens (tertiary/aromatic N) is 1. The summed E-state index contributed by atoms with van der Waals surface area (Å²) in [7, 11) is 0. The molecule has 0 saturated heterocycles. The molecule has 0 radical (unpaired) electrons. The van der Waals surface area contributed by atoms with Crippen LogP contribution in [0.4, 0.5) is 0 Å². The van der Waals surface area contributed by atoms with E-state index in [1.807, 2.05) is 12.1 Å². The Bertz CT molecular complexity index is 240. The molecule has 0 aliphatic rings. The topological polar surface area (TPSA) is 36.6 Å². The van der Waals surface area contributed by atoms with Crippen LogP contribution in [-0.2, 0) is 0 Å². The Morgan fingerprint density at radius 2 is 2.00 bits per heavy atom. The van der Waals surface area contributed by atoms with E-state index in [4.69, 9.17) is 4.42 Å². The summed E-state index contributed by atoms with van der Waals surface area (Å²) in [6.07, 6.45) is 3.33. The van der Waals surface area contributed by atoms with Crippen LogP contribution in [-0.4, -0.2) is 29.6 Å². The number of aliphatic hydroxyl groups is 1. The van der Waals surface area contributed by atoms with E-state index in [2.05, 4.69) is 18.7 Å². The summed E-state index contributed by atoms with van der Waals surface area (Å²) in [5, 5.41) is 9.90. The first-order valence-corrected chi connectivity index (χ1v) is 5.71. The van der Waals surface area contributed by atoms with Gasteiger partial charge in [-0.3, -0.25) is 0 Å². The molecule has 0 aromatic carbocycles. The normalized spacial score (nSPS) is 13.3. The van der Waals surface area contributed by atoms with Gasteiger partial charge in [-0.2, -0.15) is 0 Å². The molecule has 1 rings (SSSR count). The van der Waals surface area contributed by atoms with E-state index in [0.29, 0.717) is 12.3 Å². The average molecular weight is 211 g/mol.